The van der Waals surface area contributed by atoms with Crippen LogP contribution in [0.15, 0.2) is 4.42 Å². The number of esters is 1. The number of carboxylic acids is 1. The lowest BCUT2D eigenvalue weighted by molar-refractivity contribution is -0.136. The molecule has 0 aliphatic carbocycles. The second kappa shape index (κ2) is 3.01. The van der Waals surface area contributed by atoms with Gasteiger partial charge in [-0.1, -0.05) is 0 Å². The number of aliphatic carboxylic acids is 1. The Bertz CT molecular complexity index is 444. The molecule has 0 fully saturated rings. The van der Waals surface area contributed by atoms with E-state index in [2.05, 4.69) is 0 Å². The van der Waals surface area contributed by atoms with Crippen LogP contribution in [0.1, 0.15) is 24.4 Å². The van der Waals surface area contributed by atoms with Gasteiger partial charge in [0.2, 0.25) is 11.5 Å². The maximum absolute atomic E-state index is 11.1. The van der Waals surface area contributed by atoms with Gasteiger partial charge >= 0.3 is 11.9 Å². The lowest BCUT2D eigenvalue weighted by atomic mass is 10.1. The Morgan fingerprint density at radius 3 is 2.73 bits per heavy atom. The van der Waals surface area contributed by atoms with E-state index in [-0.39, 0.29) is 17.3 Å². The fourth-order valence-electron chi connectivity index (χ4n) is 1.41. The smallest absolute Gasteiger partial charge is 0.322 e. The number of carbonyl (C=O) groups is 2. The molecule has 1 unspecified atom stereocenters. The number of hydrogen-bond acceptors (Lipinski definition) is 5. The maximum Gasteiger partial charge on any atom is 0.322 e. The molecule has 1 aromatic heterocycles. The largest absolute Gasteiger partial charge is 0.502 e. The monoisotopic (exact) mass is 212 g/mol. The fraction of sp³-hybridized carbons (Fsp3) is 0.333. The van der Waals surface area contributed by atoms with Crippen LogP contribution in [0, 0.1) is 0 Å². The molecular weight excluding hydrogens is 204 g/mol. The minimum atomic E-state index is -1.13. The predicted octanol–water partition coefficient (Wildman–Crippen LogP) is 0.635. The van der Waals surface area contributed by atoms with Gasteiger partial charge in [0.25, 0.3) is 0 Å². The highest BCUT2D eigenvalue weighted by atomic mass is 16.6. The van der Waals surface area contributed by atoms with Crippen LogP contribution in [0.3, 0.4) is 0 Å². The van der Waals surface area contributed by atoms with Crippen molar-refractivity contribution >= 4 is 11.9 Å². The third-order valence-electron chi connectivity index (χ3n) is 2.20. The fourth-order valence-corrected chi connectivity index (χ4v) is 1.41. The number of ether oxygens (including phenoxy) is 1. The lowest BCUT2D eigenvalue weighted by Gasteiger charge is -1.97. The summed E-state index contributed by atoms with van der Waals surface area (Å²) >= 11 is 0. The summed E-state index contributed by atoms with van der Waals surface area (Å²) in [5.74, 6) is -2.60. The number of furan rings is 1. The van der Waals surface area contributed by atoms with Gasteiger partial charge < -0.3 is 19.4 Å². The Kier molecular flexibility index (Phi) is 1.92. The molecule has 15 heavy (non-hydrogen) atoms. The average molecular weight is 212 g/mol. The van der Waals surface area contributed by atoms with Crippen molar-refractivity contribution in [2.75, 3.05) is 0 Å². The Hall–Kier alpha value is -1.98. The van der Waals surface area contributed by atoms with E-state index in [1.54, 1.807) is 6.92 Å². The molecule has 0 radical (unpaired) electrons. The molecule has 2 N–H and O–H groups in total. The van der Waals surface area contributed by atoms with Crippen LogP contribution in [0.25, 0.3) is 0 Å². The molecule has 1 atom stereocenters. The van der Waals surface area contributed by atoms with Crippen molar-refractivity contribution in [1.82, 2.24) is 0 Å². The van der Waals surface area contributed by atoms with Crippen molar-refractivity contribution in [3.8, 4) is 11.5 Å². The van der Waals surface area contributed by atoms with E-state index in [0.29, 0.717) is 0 Å². The van der Waals surface area contributed by atoms with Gasteiger partial charge in [-0.3, -0.25) is 9.59 Å². The number of rotatable bonds is 2. The first-order valence-electron chi connectivity index (χ1n) is 4.28. The van der Waals surface area contributed by atoms with E-state index in [1.807, 2.05) is 0 Å². The van der Waals surface area contributed by atoms with Crippen molar-refractivity contribution in [2.45, 2.75) is 19.3 Å². The van der Waals surface area contributed by atoms with Gasteiger partial charge in [0, 0.05) is 0 Å². The summed E-state index contributed by atoms with van der Waals surface area (Å²) in [6.07, 6.45) is -0.441. The molecule has 0 saturated carbocycles. The van der Waals surface area contributed by atoms with Gasteiger partial charge in [0.15, 0.2) is 11.5 Å². The van der Waals surface area contributed by atoms with Gasteiger partial charge in [-0.15, -0.1) is 0 Å². The summed E-state index contributed by atoms with van der Waals surface area (Å²) in [4.78, 5) is 21.5. The molecule has 1 aliphatic heterocycles. The normalized spacial score (nSPS) is 18.7. The number of carboxylic acid groups (broad SMARTS) is 1. The molecule has 0 amide bonds. The first-order valence-corrected chi connectivity index (χ1v) is 4.28. The summed E-state index contributed by atoms with van der Waals surface area (Å²) in [7, 11) is 0. The summed E-state index contributed by atoms with van der Waals surface area (Å²) in [6.45, 7) is 1.56. The molecule has 0 bridgehead atoms. The summed E-state index contributed by atoms with van der Waals surface area (Å²) in [5.41, 5.74) is 0. The molecule has 0 spiro atoms. The van der Waals surface area contributed by atoms with Gasteiger partial charge in [-0.05, 0) is 6.92 Å². The lowest BCUT2D eigenvalue weighted by Crippen LogP contribution is -2.07. The van der Waals surface area contributed by atoms with Crippen molar-refractivity contribution in [2.24, 2.45) is 0 Å². The van der Waals surface area contributed by atoms with Crippen molar-refractivity contribution in [1.29, 1.82) is 0 Å². The number of aromatic hydroxyl groups is 1. The SMILES string of the molecule is CC1C(=O)Oc2c1oc(CC(=O)O)c2O. The Morgan fingerprint density at radius 2 is 2.20 bits per heavy atom. The molecule has 1 aliphatic rings. The molecule has 1 aromatic rings. The standard InChI is InChI=1S/C9H8O6/c1-3-7-8(15-9(3)13)6(12)4(14-7)2-5(10)11/h3,12H,2H2,1H3,(H,10,11). The van der Waals surface area contributed by atoms with E-state index in [1.165, 1.54) is 0 Å². The van der Waals surface area contributed by atoms with Crippen LogP contribution >= 0.6 is 0 Å². The second-order valence-electron chi connectivity index (χ2n) is 3.28. The van der Waals surface area contributed by atoms with Crippen LogP contribution in [-0.4, -0.2) is 22.2 Å². The van der Waals surface area contributed by atoms with E-state index in [0.717, 1.165) is 0 Å². The zero-order valence-electron chi connectivity index (χ0n) is 7.81. The second-order valence-corrected chi connectivity index (χ2v) is 3.28. The van der Waals surface area contributed by atoms with Crippen LogP contribution in [0.4, 0.5) is 0 Å². The van der Waals surface area contributed by atoms with Gasteiger partial charge in [-0.25, -0.2) is 0 Å². The molecule has 6 nitrogen and oxygen atoms in total. The first kappa shape index (κ1) is 9.57. The highest BCUT2D eigenvalue weighted by molar-refractivity contribution is 5.86. The first-order chi connectivity index (χ1) is 7.00. The summed E-state index contributed by atoms with van der Waals surface area (Å²) in [6, 6.07) is 0. The van der Waals surface area contributed by atoms with Crippen LogP contribution in [0.2, 0.25) is 0 Å². The molecule has 0 aromatic carbocycles. The molecular formula is C9H8O6. The zero-order chi connectivity index (χ0) is 11.2. The van der Waals surface area contributed by atoms with E-state index < -0.39 is 30.0 Å². The van der Waals surface area contributed by atoms with Crippen LogP contribution < -0.4 is 4.74 Å². The quantitative estimate of drug-likeness (QED) is 0.698. The Labute approximate surface area is 84.1 Å². The van der Waals surface area contributed by atoms with E-state index in [4.69, 9.17) is 14.3 Å². The number of carbonyl (C=O) groups excluding carboxylic acids is 1. The molecule has 0 saturated heterocycles. The van der Waals surface area contributed by atoms with Crippen molar-refractivity contribution in [3.63, 3.8) is 0 Å². The van der Waals surface area contributed by atoms with Crippen LogP contribution in [0.5, 0.6) is 11.5 Å². The minimum Gasteiger partial charge on any atom is -0.502 e. The Morgan fingerprint density at radius 1 is 1.53 bits per heavy atom. The number of hydrogen-bond donors (Lipinski definition) is 2. The zero-order valence-corrected chi connectivity index (χ0v) is 7.81. The third kappa shape index (κ3) is 1.34. The molecule has 2 heterocycles. The van der Waals surface area contributed by atoms with Crippen molar-refractivity contribution < 1.29 is 29.0 Å². The summed E-state index contributed by atoms with van der Waals surface area (Å²) in [5, 5.41) is 18.0. The average Bonchev–Trinajstić information content (AvgIpc) is 2.57. The predicted molar refractivity (Wildman–Crippen MR) is 45.8 cm³/mol. The summed E-state index contributed by atoms with van der Waals surface area (Å²) < 4.78 is 9.81. The van der Waals surface area contributed by atoms with E-state index in [9.17, 15) is 14.7 Å². The highest BCUT2D eigenvalue weighted by Crippen LogP contribution is 2.45. The molecule has 80 valence electrons. The third-order valence-corrected chi connectivity index (χ3v) is 2.20. The van der Waals surface area contributed by atoms with Crippen LogP contribution in [-0.2, 0) is 16.0 Å². The van der Waals surface area contributed by atoms with Gasteiger partial charge in [-0.2, -0.15) is 0 Å². The van der Waals surface area contributed by atoms with Gasteiger partial charge in [0.1, 0.15) is 12.3 Å². The van der Waals surface area contributed by atoms with E-state index >= 15 is 0 Å². The number of fused-ring (bicyclic) bond motifs is 1. The minimum absolute atomic E-state index is 0.0521. The maximum atomic E-state index is 11.1. The topological polar surface area (TPSA) is 97.0 Å². The Balaban J connectivity index is 2.41. The molecule has 2 rings (SSSR count). The van der Waals surface area contributed by atoms with Crippen molar-refractivity contribution in [3.05, 3.63) is 11.5 Å². The molecule has 6 heteroatoms. The highest BCUT2D eigenvalue weighted by Gasteiger charge is 2.38. The van der Waals surface area contributed by atoms with Gasteiger partial charge in [0.05, 0.1) is 0 Å².